The number of allylic oxidation sites excluding steroid dienone is 1. The van der Waals surface area contributed by atoms with E-state index in [0.29, 0.717) is 25.4 Å². The Labute approximate surface area is 259 Å². The van der Waals surface area contributed by atoms with Crippen LogP contribution in [-0.4, -0.2) is 71.5 Å². The van der Waals surface area contributed by atoms with Crippen molar-refractivity contribution in [3.63, 3.8) is 0 Å². The van der Waals surface area contributed by atoms with Crippen LogP contribution in [0.4, 0.5) is 4.79 Å². The number of carbonyl (C=O) groups is 3. The molecule has 2 aliphatic heterocycles. The first kappa shape index (κ1) is 33.1. The summed E-state index contributed by atoms with van der Waals surface area (Å²) in [5, 5.41) is 9.65. The molecule has 2 amide bonds. The van der Waals surface area contributed by atoms with Gasteiger partial charge in [0.05, 0.1) is 38.4 Å². The number of aliphatic hydroxyl groups is 1. The van der Waals surface area contributed by atoms with E-state index >= 15 is 0 Å². The standard InChI is InChI=1S/C35H43NO8/c1-24(2)32-35(3,4)44-34(40)36(32)33(39)29(20-25-12-7-5-8-13-25)31-30(38)18-17-27(43-31)16-11-19-41-23-28(21-37)42-22-26-14-9-6-10-15-26/h5-10,12-18,24,28-29,31-32,37H,11,19-23H2,1-4H3. The molecule has 0 aromatic heterocycles. The number of rotatable bonds is 14. The molecule has 2 aromatic rings. The van der Waals surface area contributed by atoms with Crippen LogP contribution in [0.3, 0.4) is 0 Å². The Morgan fingerprint density at radius 3 is 2.32 bits per heavy atom. The highest BCUT2D eigenvalue weighted by atomic mass is 16.6. The van der Waals surface area contributed by atoms with Gasteiger partial charge in [-0.15, -0.1) is 0 Å². The molecule has 44 heavy (non-hydrogen) atoms. The molecule has 2 aliphatic rings. The molecule has 4 unspecified atom stereocenters. The summed E-state index contributed by atoms with van der Waals surface area (Å²) >= 11 is 0. The smallest absolute Gasteiger partial charge is 0.417 e. The van der Waals surface area contributed by atoms with Gasteiger partial charge in [0.2, 0.25) is 5.91 Å². The number of ketones is 1. The summed E-state index contributed by atoms with van der Waals surface area (Å²) in [4.78, 5) is 41.5. The van der Waals surface area contributed by atoms with Crippen LogP contribution in [0, 0.1) is 11.8 Å². The molecule has 0 radical (unpaired) electrons. The van der Waals surface area contributed by atoms with Gasteiger partial charge in [0.15, 0.2) is 11.9 Å². The van der Waals surface area contributed by atoms with Gasteiger partial charge in [-0.2, -0.15) is 0 Å². The maximum Gasteiger partial charge on any atom is 0.417 e. The lowest BCUT2D eigenvalue weighted by atomic mass is 9.85. The highest BCUT2D eigenvalue weighted by Crippen LogP contribution is 2.37. The minimum Gasteiger partial charge on any atom is -0.482 e. The molecule has 1 N–H and O–H groups in total. The van der Waals surface area contributed by atoms with E-state index in [9.17, 15) is 19.5 Å². The Bertz CT molecular complexity index is 1320. The molecule has 9 heteroatoms. The number of nitrogens with zero attached hydrogens (tertiary/aromatic N) is 1. The first-order chi connectivity index (χ1) is 21.1. The van der Waals surface area contributed by atoms with E-state index in [0.717, 1.165) is 11.1 Å². The summed E-state index contributed by atoms with van der Waals surface area (Å²) in [6.07, 6.45) is 3.18. The van der Waals surface area contributed by atoms with Gasteiger partial charge in [-0.1, -0.05) is 74.5 Å². The first-order valence-electron chi connectivity index (χ1n) is 15.1. The Kier molecular flexibility index (Phi) is 11.5. The number of hydrogen-bond acceptors (Lipinski definition) is 8. The van der Waals surface area contributed by atoms with Gasteiger partial charge in [0.25, 0.3) is 0 Å². The molecule has 2 aromatic carbocycles. The summed E-state index contributed by atoms with van der Waals surface area (Å²) < 4.78 is 23.2. The fourth-order valence-corrected chi connectivity index (χ4v) is 5.80. The van der Waals surface area contributed by atoms with Gasteiger partial charge >= 0.3 is 6.09 Å². The van der Waals surface area contributed by atoms with E-state index in [4.69, 9.17) is 18.9 Å². The van der Waals surface area contributed by atoms with Crippen molar-refractivity contribution in [1.29, 1.82) is 0 Å². The van der Waals surface area contributed by atoms with Gasteiger partial charge in [-0.05, 0) is 62.0 Å². The largest absolute Gasteiger partial charge is 0.482 e. The molecular formula is C35H43NO8. The third-order valence-corrected chi connectivity index (χ3v) is 7.79. The number of hydrogen-bond donors (Lipinski definition) is 1. The van der Waals surface area contributed by atoms with Crippen LogP contribution in [0.2, 0.25) is 0 Å². The maximum absolute atomic E-state index is 14.1. The fraction of sp³-hybridized carbons (Fsp3) is 0.457. The maximum atomic E-state index is 14.1. The van der Waals surface area contributed by atoms with Crippen LogP contribution in [0.1, 0.15) is 45.2 Å². The SMILES string of the molecule is CC(C)C1N(C(=O)C(Cc2ccccc2)C2OC(=CCCOCC(CO)OCc3ccccc3)C=CC2=O)C(=O)OC1(C)C. The number of benzene rings is 2. The Balaban J connectivity index is 1.42. The van der Waals surface area contributed by atoms with Crippen molar-refractivity contribution in [3.05, 3.63) is 95.8 Å². The van der Waals surface area contributed by atoms with Crippen molar-refractivity contribution in [3.8, 4) is 0 Å². The molecule has 1 saturated heterocycles. The lowest BCUT2D eigenvalue weighted by Gasteiger charge is -2.35. The zero-order chi connectivity index (χ0) is 31.7. The van der Waals surface area contributed by atoms with Crippen LogP contribution in [0.15, 0.2) is 84.7 Å². The van der Waals surface area contributed by atoms with E-state index < -0.39 is 41.8 Å². The van der Waals surface area contributed by atoms with Gasteiger partial charge in [0.1, 0.15) is 17.5 Å². The average Bonchev–Trinajstić information content (AvgIpc) is 3.26. The van der Waals surface area contributed by atoms with Crippen molar-refractivity contribution in [2.24, 2.45) is 11.8 Å². The Morgan fingerprint density at radius 1 is 1.02 bits per heavy atom. The summed E-state index contributed by atoms with van der Waals surface area (Å²) in [7, 11) is 0. The topological polar surface area (TPSA) is 112 Å². The normalized spacial score (nSPS) is 21.8. The van der Waals surface area contributed by atoms with Crippen molar-refractivity contribution in [1.82, 2.24) is 4.90 Å². The molecule has 236 valence electrons. The minimum atomic E-state index is -1.12. The molecule has 0 aliphatic carbocycles. The van der Waals surface area contributed by atoms with Crippen molar-refractivity contribution in [2.45, 2.75) is 71.0 Å². The van der Waals surface area contributed by atoms with Gasteiger partial charge in [-0.25, -0.2) is 9.69 Å². The third-order valence-electron chi connectivity index (χ3n) is 7.79. The quantitative estimate of drug-likeness (QED) is 0.299. The Morgan fingerprint density at radius 2 is 1.68 bits per heavy atom. The monoisotopic (exact) mass is 605 g/mol. The van der Waals surface area contributed by atoms with Crippen molar-refractivity contribution < 1.29 is 38.4 Å². The molecular weight excluding hydrogens is 562 g/mol. The van der Waals surface area contributed by atoms with E-state index in [1.165, 1.54) is 11.0 Å². The first-order valence-corrected chi connectivity index (χ1v) is 15.1. The predicted molar refractivity (Wildman–Crippen MR) is 164 cm³/mol. The van der Waals surface area contributed by atoms with E-state index in [1.54, 1.807) is 26.0 Å². The number of ether oxygens (including phenoxy) is 4. The lowest BCUT2D eigenvalue weighted by Crippen LogP contribution is -2.53. The van der Waals surface area contributed by atoms with Crippen LogP contribution < -0.4 is 0 Å². The van der Waals surface area contributed by atoms with Crippen molar-refractivity contribution >= 4 is 17.8 Å². The van der Waals surface area contributed by atoms with Crippen molar-refractivity contribution in [2.75, 3.05) is 19.8 Å². The zero-order valence-electron chi connectivity index (χ0n) is 25.9. The zero-order valence-corrected chi connectivity index (χ0v) is 25.9. The van der Waals surface area contributed by atoms with E-state index in [1.807, 2.05) is 74.5 Å². The van der Waals surface area contributed by atoms with Gasteiger partial charge in [0, 0.05) is 0 Å². The molecule has 1 fully saturated rings. The molecule has 0 bridgehead atoms. The fourth-order valence-electron chi connectivity index (χ4n) is 5.80. The molecule has 0 spiro atoms. The summed E-state index contributed by atoms with van der Waals surface area (Å²) in [5.74, 6) is -1.42. The minimum absolute atomic E-state index is 0.0646. The van der Waals surface area contributed by atoms with Crippen LogP contribution in [0.5, 0.6) is 0 Å². The summed E-state index contributed by atoms with van der Waals surface area (Å²) in [6, 6.07) is 18.6. The second kappa shape index (κ2) is 15.3. The lowest BCUT2D eigenvalue weighted by molar-refractivity contribution is -0.144. The second-order valence-corrected chi connectivity index (χ2v) is 12.0. The van der Waals surface area contributed by atoms with E-state index in [-0.39, 0.29) is 31.3 Å². The summed E-state index contributed by atoms with van der Waals surface area (Å²) in [5.41, 5.74) is 0.981. The number of amides is 2. The molecule has 2 heterocycles. The summed E-state index contributed by atoms with van der Waals surface area (Å²) in [6.45, 7) is 8.22. The highest BCUT2D eigenvalue weighted by molar-refractivity contribution is 6.02. The highest BCUT2D eigenvalue weighted by Gasteiger charge is 2.54. The molecule has 0 saturated carbocycles. The van der Waals surface area contributed by atoms with E-state index in [2.05, 4.69) is 0 Å². The van der Waals surface area contributed by atoms with Crippen LogP contribution in [-0.2, 0) is 41.6 Å². The number of carbonyl (C=O) groups excluding carboxylic acids is 3. The molecule has 4 atom stereocenters. The average molecular weight is 606 g/mol. The predicted octanol–water partition coefficient (Wildman–Crippen LogP) is 5.02. The number of aliphatic hydroxyl groups excluding tert-OH is 1. The molecule has 9 nitrogen and oxygen atoms in total. The number of imide groups is 1. The third kappa shape index (κ3) is 8.43. The molecule has 4 rings (SSSR count). The number of cyclic esters (lactones) is 1. The van der Waals surface area contributed by atoms with Crippen LogP contribution >= 0.6 is 0 Å². The Hall–Kier alpha value is -3.79. The van der Waals surface area contributed by atoms with Gasteiger partial charge in [-0.3, -0.25) is 9.59 Å². The second-order valence-electron chi connectivity index (χ2n) is 12.0. The van der Waals surface area contributed by atoms with Gasteiger partial charge < -0.3 is 24.1 Å². The van der Waals surface area contributed by atoms with Crippen LogP contribution in [0.25, 0.3) is 0 Å².